The molecule has 178 valence electrons. The number of β-lactam (4-membered cyclic amide) rings is 1. The van der Waals surface area contributed by atoms with Gasteiger partial charge in [-0.3, -0.25) is 9.59 Å². The van der Waals surface area contributed by atoms with E-state index in [-0.39, 0.29) is 17.0 Å². The van der Waals surface area contributed by atoms with E-state index in [1.165, 1.54) is 18.4 Å². The summed E-state index contributed by atoms with van der Waals surface area (Å²) in [7, 11) is 1.34. The van der Waals surface area contributed by atoms with Gasteiger partial charge >= 0.3 is 0 Å². The Bertz CT molecular complexity index is 1320. The molecule has 2 amide bonds. The molecular weight excluding hydrogens is 502 g/mol. The van der Waals surface area contributed by atoms with Crippen LogP contribution in [0.4, 0.5) is 5.13 Å². The lowest BCUT2D eigenvalue weighted by Gasteiger charge is -2.47. The molecule has 0 radical (unpaired) electrons. The molecule has 2 aromatic carbocycles. The van der Waals surface area contributed by atoms with Crippen molar-refractivity contribution in [3.63, 3.8) is 0 Å². The van der Waals surface area contributed by atoms with Gasteiger partial charge in [0.15, 0.2) is 10.8 Å². The molecule has 2 aliphatic heterocycles. The molecule has 0 saturated carbocycles. The van der Waals surface area contributed by atoms with Gasteiger partial charge in [0, 0.05) is 27.1 Å². The lowest BCUT2D eigenvalue weighted by atomic mass is 10.1. The van der Waals surface area contributed by atoms with Crippen LogP contribution in [0.15, 0.2) is 81.1 Å². The third kappa shape index (κ3) is 4.79. The first-order chi connectivity index (χ1) is 17.0. The first kappa shape index (κ1) is 23.5. The van der Waals surface area contributed by atoms with Gasteiger partial charge in [-0.1, -0.05) is 65.4 Å². The summed E-state index contributed by atoms with van der Waals surface area (Å²) in [5.41, 5.74) is 8.27. The van der Waals surface area contributed by atoms with Crippen LogP contribution in [0.25, 0.3) is 11.1 Å². The van der Waals surface area contributed by atoms with E-state index < -0.39 is 11.9 Å². The number of carbonyl (C=O) groups is 2. The van der Waals surface area contributed by atoms with Crippen LogP contribution in [-0.4, -0.2) is 51.7 Å². The molecule has 11 heteroatoms. The molecule has 2 atom stereocenters. The van der Waals surface area contributed by atoms with E-state index in [9.17, 15) is 9.59 Å². The summed E-state index contributed by atoms with van der Waals surface area (Å²) in [5, 5.41) is 8.33. The van der Waals surface area contributed by atoms with Crippen molar-refractivity contribution in [3.05, 3.63) is 76.8 Å². The molecule has 2 aliphatic rings. The highest BCUT2D eigenvalue weighted by Gasteiger charge is 2.50. The van der Waals surface area contributed by atoms with E-state index in [0.29, 0.717) is 10.8 Å². The molecule has 3 aromatic rings. The number of thiazole rings is 1. The molecule has 0 spiro atoms. The average Bonchev–Trinajstić information content (AvgIpc) is 3.32. The minimum absolute atomic E-state index is 0.0168. The van der Waals surface area contributed by atoms with Crippen LogP contribution in [0.2, 0.25) is 0 Å². The smallest absolute Gasteiger partial charge is 0.276 e. The van der Waals surface area contributed by atoms with E-state index in [4.69, 9.17) is 10.6 Å². The van der Waals surface area contributed by atoms with Crippen LogP contribution < -0.4 is 11.1 Å². The largest absolute Gasteiger partial charge is 0.398 e. The van der Waals surface area contributed by atoms with Crippen LogP contribution in [0, 0.1) is 0 Å². The first-order valence-electron chi connectivity index (χ1n) is 10.7. The van der Waals surface area contributed by atoms with Crippen molar-refractivity contribution >= 4 is 57.5 Å². The normalized spacial score (nSPS) is 19.5. The Balaban J connectivity index is 1.28. The zero-order valence-electron chi connectivity index (χ0n) is 18.6. The Labute approximate surface area is 214 Å². The number of fused-ring (bicyclic) bond motifs is 1. The minimum atomic E-state index is -0.648. The summed E-state index contributed by atoms with van der Waals surface area (Å²) in [4.78, 5) is 38.5. The number of aromatic nitrogens is 1. The molecule has 35 heavy (non-hydrogen) atoms. The number of carbonyl (C=O) groups excluding carboxylic acids is 2. The van der Waals surface area contributed by atoms with Crippen LogP contribution >= 0.6 is 34.9 Å². The van der Waals surface area contributed by atoms with Gasteiger partial charge in [0.25, 0.3) is 11.8 Å². The zero-order chi connectivity index (χ0) is 24.4. The number of hydrogen-bond donors (Lipinski definition) is 2. The Morgan fingerprint density at radius 3 is 2.74 bits per heavy atom. The van der Waals surface area contributed by atoms with Gasteiger partial charge in [0.2, 0.25) is 0 Å². The number of amides is 2. The number of nitrogens with one attached hydrogen (secondary N) is 1. The maximum absolute atomic E-state index is 12.9. The molecule has 1 saturated heterocycles. The van der Waals surface area contributed by atoms with Crippen molar-refractivity contribution in [2.75, 3.05) is 18.6 Å². The predicted octanol–water partition coefficient (Wildman–Crippen LogP) is 3.78. The quantitative estimate of drug-likeness (QED) is 0.276. The maximum Gasteiger partial charge on any atom is 0.276 e. The molecule has 1 fully saturated rings. The summed E-state index contributed by atoms with van der Waals surface area (Å²) in [6.45, 7) is 0. The van der Waals surface area contributed by atoms with E-state index in [1.807, 2.05) is 36.5 Å². The lowest BCUT2D eigenvalue weighted by Crippen LogP contribution is -2.69. The summed E-state index contributed by atoms with van der Waals surface area (Å²) in [5.74, 6) is 0.0345. The van der Waals surface area contributed by atoms with Crippen molar-refractivity contribution in [2.24, 2.45) is 5.16 Å². The fourth-order valence-electron chi connectivity index (χ4n) is 3.80. The standard InChI is InChI=1S/C24H21N5O3S3/c1-32-28-19(17-13-34-24(25)26-17)21(30)27-20-22(31)29-11-15(12-33-23(20)29)35-18-10-6-5-9-16(18)14-7-3-2-4-8-14/h2-11,13,20,23H,12H2,1H3,(H2,25,26)(H,27,30)/t20-,23+/m1/s1. The van der Waals surface area contributed by atoms with Crippen molar-refractivity contribution in [2.45, 2.75) is 16.3 Å². The van der Waals surface area contributed by atoms with E-state index in [1.54, 1.807) is 33.8 Å². The minimum Gasteiger partial charge on any atom is -0.398 e. The highest BCUT2D eigenvalue weighted by Crippen LogP contribution is 2.43. The first-order valence-corrected chi connectivity index (χ1v) is 13.4. The predicted molar refractivity (Wildman–Crippen MR) is 141 cm³/mol. The number of hydrogen-bond acceptors (Lipinski definition) is 9. The van der Waals surface area contributed by atoms with Gasteiger partial charge in [-0.25, -0.2) is 4.98 Å². The van der Waals surface area contributed by atoms with E-state index >= 15 is 0 Å². The van der Waals surface area contributed by atoms with E-state index in [2.05, 4.69) is 39.7 Å². The molecule has 0 bridgehead atoms. The maximum atomic E-state index is 12.9. The molecule has 5 rings (SSSR count). The van der Waals surface area contributed by atoms with Crippen molar-refractivity contribution in [1.29, 1.82) is 0 Å². The topological polar surface area (TPSA) is 110 Å². The van der Waals surface area contributed by atoms with E-state index in [0.717, 1.165) is 26.7 Å². The molecule has 0 unspecified atom stereocenters. The van der Waals surface area contributed by atoms with Crippen LogP contribution in [0.3, 0.4) is 0 Å². The number of thioether (sulfide) groups is 2. The monoisotopic (exact) mass is 523 g/mol. The lowest BCUT2D eigenvalue weighted by molar-refractivity contribution is -0.143. The molecular formula is C24H21N5O3S3. The number of benzene rings is 2. The highest BCUT2D eigenvalue weighted by atomic mass is 32.2. The average molecular weight is 524 g/mol. The van der Waals surface area contributed by atoms with Crippen molar-refractivity contribution in [1.82, 2.24) is 15.2 Å². The summed E-state index contributed by atoms with van der Waals surface area (Å²) in [6.07, 6.45) is 1.89. The SMILES string of the molecule is CON=C(C(=O)N[C@@H]1C(=O)N2C=C(Sc3ccccc3-c3ccccc3)CS[C@@H]12)c1csc(N)n1. The van der Waals surface area contributed by atoms with Crippen LogP contribution in [-0.2, 0) is 14.4 Å². The third-order valence-electron chi connectivity index (χ3n) is 5.42. The van der Waals surface area contributed by atoms with Gasteiger partial charge in [0.1, 0.15) is 24.2 Å². The summed E-state index contributed by atoms with van der Waals surface area (Å²) in [6, 6.07) is 17.8. The fraction of sp³-hybridized carbons (Fsp3) is 0.167. The number of rotatable bonds is 7. The van der Waals surface area contributed by atoms with Crippen LogP contribution in [0.5, 0.6) is 0 Å². The Kier molecular flexibility index (Phi) is 6.80. The molecule has 1 aromatic heterocycles. The second-order valence-corrected chi connectivity index (χ2v) is 10.8. The fourth-order valence-corrected chi connectivity index (χ4v) is 6.79. The highest BCUT2D eigenvalue weighted by molar-refractivity contribution is 8.06. The number of oxime groups is 1. The van der Waals surface area contributed by atoms with Crippen molar-refractivity contribution < 1.29 is 14.4 Å². The number of anilines is 1. The summed E-state index contributed by atoms with van der Waals surface area (Å²) < 4.78 is 0. The molecule has 3 N–H and O–H groups in total. The third-order valence-corrected chi connectivity index (χ3v) is 8.68. The summed E-state index contributed by atoms with van der Waals surface area (Å²) >= 11 is 4.47. The van der Waals surface area contributed by atoms with Gasteiger partial charge < -0.3 is 20.8 Å². The number of nitrogens with two attached hydrogens (primary N) is 1. The molecule has 8 nitrogen and oxygen atoms in total. The van der Waals surface area contributed by atoms with Crippen molar-refractivity contribution in [3.8, 4) is 11.1 Å². The second kappa shape index (κ2) is 10.1. The number of nitrogen functional groups attached to an aromatic ring is 1. The molecule has 0 aliphatic carbocycles. The van der Waals surface area contributed by atoms with Crippen LogP contribution in [0.1, 0.15) is 5.69 Å². The van der Waals surface area contributed by atoms with Gasteiger partial charge in [-0.05, 0) is 17.2 Å². The second-order valence-electron chi connectivity index (χ2n) is 7.65. The molecule has 3 heterocycles. The van der Waals surface area contributed by atoms with Gasteiger partial charge in [-0.15, -0.1) is 23.1 Å². The Morgan fingerprint density at radius 1 is 1.23 bits per heavy atom. The Hall–Kier alpha value is -3.28. The zero-order valence-corrected chi connectivity index (χ0v) is 21.0. The van der Waals surface area contributed by atoms with Gasteiger partial charge in [0.05, 0.1) is 0 Å². The number of nitrogens with zero attached hydrogens (tertiary/aromatic N) is 3. The van der Waals surface area contributed by atoms with Gasteiger partial charge in [-0.2, -0.15) is 0 Å². The Morgan fingerprint density at radius 2 is 2.00 bits per heavy atom.